The Morgan fingerprint density at radius 2 is 1.86 bits per heavy atom. The molecule has 3 aromatic rings. The molecule has 0 aliphatic heterocycles. The van der Waals surface area contributed by atoms with Gasteiger partial charge in [0.1, 0.15) is 0 Å². The summed E-state index contributed by atoms with van der Waals surface area (Å²) in [6, 6.07) is -0.814. The van der Waals surface area contributed by atoms with Gasteiger partial charge in [0.2, 0.25) is 5.78 Å². The molecule has 0 fully saturated rings. The van der Waals surface area contributed by atoms with Crippen LogP contribution in [0.5, 0.6) is 0 Å². The summed E-state index contributed by atoms with van der Waals surface area (Å²) in [5, 5.41) is 0. The zero-order valence-corrected chi connectivity index (χ0v) is 13.1. The highest BCUT2D eigenvalue weighted by atomic mass is 16.2. The number of aryl methyl sites for hydroxylation is 3. The molecule has 3 aromatic heterocycles. The van der Waals surface area contributed by atoms with E-state index in [1.807, 2.05) is 18.5 Å². The summed E-state index contributed by atoms with van der Waals surface area (Å²) in [5.41, 5.74) is 0.504. The van der Waals surface area contributed by atoms with Crippen LogP contribution < -0.4 is 11.2 Å². The van der Waals surface area contributed by atoms with Crippen LogP contribution in [0.1, 0.15) is 25.6 Å². The fraction of sp³-hybridized carbons (Fsp3) is 0.429. The lowest BCUT2D eigenvalue weighted by atomic mass is 10.2. The van der Waals surface area contributed by atoms with Crippen molar-refractivity contribution >= 4 is 22.7 Å². The molecule has 0 aliphatic carbocycles. The molecule has 0 saturated heterocycles. The molecule has 22 heavy (non-hydrogen) atoms. The van der Waals surface area contributed by atoms with Crippen molar-refractivity contribution in [3.05, 3.63) is 32.7 Å². The van der Waals surface area contributed by atoms with Gasteiger partial charge in [-0.1, -0.05) is 0 Å². The van der Waals surface area contributed by atoms with Gasteiger partial charge in [-0.15, -0.1) is 0 Å². The molecule has 3 heterocycles. The molecule has 8 heteroatoms. The number of imidazole rings is 2. The van der Waals surface area contributed by atoms with E-state index in [1.54, 1.807) is 24.6 Å². The van der Waals surface area contributed by atoms with Crippen molar-refractivity contribution < 1.29 is 4.79 Å². The molecule has 3 rings (SSSR count). The summed E-state index contributed by atoms with van der Waals surface area (Å²) in [6.45, 7) is 4.81. The number of ketones is 1. The van der Waals surface area contributed by atoms with Crippen LogP contribution in [-0.4, -0.2) is 28.9 Å². The van der Waals surface area contributed by atoms with Gasteiger partial charge in [0.05, 0.1) is 6.04 Å². The molecule has 116 valence electrons. The lowest BCUT2D eigenvalue weighted by Crippen LogP contribution is -2.42. The largest absolute Gasteiger partial charge is 0.333 e. The molecule has 0 aliphatic rings. The highest BCUT2D eigenvalue weighted by Crippen LogP contribution is 2.15. The average Bonchev–Trinajstić information content (AvgIpc) is 2.95. The van der Waals surface area contributed by atoms with Gasteiger partial charge < -0.3 is 4.57 Å². The number of hydrogen-bond acceptors (Lipinski definition) is 4. The van der Waals surface area contributed by atoms with Crippen molar-refractivity contribution in [3.63, 3.8) is 0 Å². The molecule has 8 nitrogen and oxygen atoms in total. The predicted molar refractivity (Wildman–Crippen MR) is 81.3 cm³/mol. The minimum atomic E-state index is -0.814. The smallest absolute Gasteiger partial charge is 0.317 e. The Hall–Kier alpha value is -2.64. The van der Waals surface area contributed by atoms with Crippen molar-refractivity contribution in [1.29, 1.82) is 0 Å². The van der Waals surface area contributed by atoms with Gasteiger partial charge in [-0.05, 0) is 20.8 Å². The summed E-state index contributed by atoms with van der Waals surface area (Å²) in [7, 11) is 3.39. The van der Waals surface area contributed by atoms with Crippen molar-refractivity contribution in [2.45, 2.75) is 26.8 Å². The summed E-state index contributed by atoms with van der Waals surface area (Å²) >= 11 is 0. The number of Topliss-reactive ketones (excluding diaryl/α,β-unsaturated/α-hetero) is 1. The standard InChI is InChI=1S/C14H17N5O3/c1-7-6-18-10-11(15-13(18)16(7)4)17(5)14(22)19(12(10)21)8(2)9(3)20/h6,8H,1-5H3. The number of carbonyl (C=O) groups is 1. The maximum absolute atomic E-state index is 12.8. The third-order valence-corrected chi connectivity index (χ3v) is 4.23. The van der Waals surface area contributed by atoms with Crippen molar-refractivity contribution in [3.8, 4) is 0 Å². The summed E-state index contributed by atoms with van der Waals surface area (Å²) in [4.78, 5) is 41.2. The topological polar surface area (TPSA) is 83.3 Å². The molecular formula is C14H17N5O3. The van der Waals surface area contributed by atoms with E-state index >= 15 is 0 Å². The first kappa shape index (κ1) is 14.3. The molecule has 0 saturated carbocycles. The predicted octanol–water partition coefficient (Wildman–Crippen LogP) is 0.145. The Balaban J connectivity index is 2.58. The SMILES string of the molecule is CC(=O)C(C)n1c(=O)c2c(nc3n(C)c(C)cn23)n(C)c1=O. The van der Waals surface area contributed by atoms with Crippen LogP contribution in [0.15, 0.2) is 15.8 Å². The summed E-state index contributed by atoms with van der Waals surface area (Å²) < 4.78 is 5.79. The van der Waals surface area contributed by atoms with Crippen LogP contribution in [0.2, 0.25) is 0 Å². The number of fused-ring (bicyclic) bond motifs is 3. The van der Waals surface area contributed by atoms with E-state index in [-0.39, 0.29) is 5.78 Å². The second-order valence-electron chi connectivity index (χ2n) is 5.59. The van der Waals surface area contributed by atoms with Crippen LogP contribution in [0, 0.1) is 6.92 Å². The van der Waals surface area contributed by atoms with E-state index in [0.29, 0.717) is 16.9 Å². The second-order valence-corrected chi connectivity index (χ2v) is 5.59. The molecule has 0 spiro atoms. The molecule has 1 unspecified atom stereocenters. The number of carbonyl (C=O) groups excluding carboxylic acids is 1. The van der Waals surface area contributed by atoms with Crippen molar-refractivity contribution in [1.82, 2.24) is 23.1 Å². The van der Waals surface area contributed by atoms with E-state index in [2.05, 4.69) is 4.98 Å². The normalized spacial score (nSPS) is 13.1. The van der Waals surface area contributed by atoms with Gasteiger partial charge in [0.25, 0.3) is 5.56 Å². The van der Waals surface area contributed by atoms with Crippen LogP contribution in [-0.2, 0) is 18.9 Å². The Labute approximate surface area is 125 Å². The van der Waals surface area contributed by atoms with Crippen LogP contribution >= 0.6 is 0 Å². The van der Waals surface area contributed by atoms with Gasteiger partial charge >= 0.3 is 5.69 Å². The first-order chi connectivity index (χ1) is 10.3. The Kier molecular flexibility index (Phi) is 2.88. The van der Waals surface area contributed by atoms with Crippen LogP contribution in [0.25, 0.3) is 16.9 Å². The fourth-order valence-electron chi connectivity index (χ4n) is 2.61. The van der Waals surface area contributed by atoms with E-state index in [0.717, 1.165) is 10.3 Å². The maximum Gasteiger partial charge on any atom is 0.333 e. The van der Waals surface area contributed by atoms with Gasteiger partial charge in [-0.2, -0.15) is 4.98 Å². The third-order valence-electron chi connectivity index (χ3n) is 4.23. The molecule has 1 atom stereocenters. The maximum atomic E-state index is 12.8. The van der Waals surface area contributed by atoms with Gasteiger partial charge in [-0.25, -0.2) is 9.36 Å². The highest BCUT2D eigenvalue weighted by Gasteiger charge is 2.23. The minimum Gasteiger partial charge on any atom is -0.317 e. The van der Waals surface area contributed by atoms with E-state index in [9.17, 15) is 14.4 Å². The number of rotatable bonds is 2. The van der Waals surface area contributed by atoms with Crippen LogP contribution in [0.4, 0.5) is 0 Å². The quantitative estimate of drug-likeness (QED) is 0.674. The lowest BCUT2D eigenvalue weighted by molar-refractivity contribution is -0.119. The first-order valence-corrected chi connectivity index (χ1v) is 6.91. The first-order valence-electron chi connectivity index (χ1n) is 6.91. The van der Waals surface area contributed by atoms with Crippen LogP contribution in [0.3, 0.4) is 0 Å². The molecule has 0 amide bonds. The zero-order chi connectivity index (χ0) is 16.3. The number of nitrogens with zero attached hydrogens (tertiary/aromatic N) is 5. The molecule has 0 aromatic carbocycles. The molecule has 0 N–H and O–H groups in total. The summed E-state index contributed by atoms with van der Waals surface area (Å²) in [6.07, 6.45) is 1.79. The third kappa shape index (κ3) is 1.63. The monoisotopic (exact) mass is 303 g/mol. The van der Waals surface area contributed by atoms with E-state index in [4.69, 9.17) is 0 Å². The number of aromatic nitrogens is 5. The molecule has 0 radical (unpaired) electrons. The summed E-state index contributed by atoms with van der Waals surface area (Å²) in [5.74, 6) is 0.330. The van der Waals surface area contributed by atoms with Gasteiger partial charge in [0.15, 0.2) is 16.9 Å². The van der Waals surface area contributed by atoms with E-state index in [1.165, 1.54) is 11.5 Å². The average molecular weight is 303 g/mol. The Morgan fingerprint density at radius 1 is 1.23 bits per heavy atom. The number of hydrogen-bond donors (Lipinski definition) is 0. The van der Waals surface area contributed by atoms with Crippen molar-refractivity contribution in [2.75, 3.05) is 0 Å². The zero-order valence-electron chi connectivity index (χ0n) is 13.1. The fourth-order valence-corrected chi connectivity index (χ4v) is 2.61. The Morgan fingerprint density at radius 3 is 2.45 bits per heavy atom. The van der Waals surface area contributed by atoms with Gasteiger partial charge in [0, 0.05) is 26.0 Å². The lowest BCUT2D eigenvalue weighted by Gasteiger charge is -2.12. The Bertz CT molecular complexity index is 1050. The highest BCUT2D eigenvalue weighted by molar-refractivity contribution is 5.80. The van der Waals surface area contributed by atoms with Crippen molar-refractivity contribution in [2.24, 2.45) is 14.1 Å². The van der Waals surface area contributed by atoms with E-state index < -0.39 is 17.3 Å². The minimum absolute atomic E-state index is 0.247. The second kappa shape index (κ2) is 4.43. The van der Waals surface area contributed by atoms with Gasteiger partial charge in [-0.3, -0.25) is 18.6 Å². The molecule has 0 bridgehead atoms. The molecular weight excluding hydrogens is 286 g/mol.